The summed E-state index contributed by atoms with van der Waals surface area (Å²) in [5, 5.41) is 0. The monoisotopic (exact) mass is 302 g/mol. The molecule has 0 N–H and O–H groups in total. The van der Waals surface area contributed by atoms with Crippen LogP contribution in [0.5, 0.6) is 0 Å². The third-order valence-electron chi connectivity index (χ3n) is 2.99. The maximum Gasteiger partial charge on any atom is 0.338 e. The average Bonchev–Trinajstić information content (AvgIpc) is 2.52. The van der Waals surface area contributed by atoms with Gasteiger partial charge in [0.25, 0.3) is 0 Å². The summed E-state index contributed by atoms with van der Waals surface area (Å²) >= 11 is 0. The van der Waals surface area contributed by atoms with Gasteiger partial charge in [-0.05, 0) is 29.8 Å². The molecule has 0 aliphatic heterocycles. The minimum absolute atomic E-state index is 0.253. The number of rotatable bonds is 4. The van der Waals surface area contributed by atoms with Gasteiger partial charge in [-0.1, -0.05) is 30.3 Å². The molecule has 112 valence electrons. The van der Waals surface area contributed by atoms with Gasteiger partial charge in [0.1, 0.15) is 11.6 Å². The fraction of sp³-hybridized carbons (Fsp3) is 0.0588. The van der Waals surface area contributed by atoms with Crippen LogP contribution in [0.15, 0.2) is 48.5 Å². The third-order valence-corrected chi connectivity index (χ3v) is 2.99. The summed E-state index contributed by atoms with van der Waals surface area (Å²) in [6.45, 7) is 0. The van der Waals surface area contributed by atoms with Crippen molar-refractivity contribution in [2.75, 3.05) is 7.11 Å². The summed E-state index contributed by atoms with van der Waals surface area (Å²) in [4.78, 5) is 23.5. The molecule has 0 amide bonds. The molecule has 0 unspecified atom stereocenters. The molecule has 0 heterocycles. The molecule has 0 fully saturated rings. The quantitative estimate of drug-likeness (QED) is 0.492. The van der Waals surface area contributed by atoms with Crippen LogP contribution < -0.4 is 0 Å². The van der Waals surface area contributed by atoms with E-state index in [0.29, 0.717) is 5.56 Å². The molecule has 0 atom stereocenters. The molecule has 0 aromatic heterocycles. The van der Waals surface area contributed by atoms with Crippen LogP contribution >= 0.6 is 0 Å². The van der Waals surface area contributed by atoms with Crippen LogP contribution in [0.4, 0.5) is 8.78 Å². The van der Waals surface area contributed by atoms with Gasteiger partial charge in [-0.2, -0.15) is 0 Å². The van der Waals surface area contributed by atoms with Crippen molar-refractivity contribution < 1.29 is 23.1 Å². The Morgan fingerprint density at radius 2 is 1.64 bits per heavy atom. The number of hydrogen-bond acceptors (Lipinski definition) is 3. The van der Waals surface area contributed by atoms with Crippen molar-refractivity contribution in [1.82, 2.24) is 0 Å². The summed E-state index contributed by atoms with van der Waals surface area (Å²) in [5.74, 6) is -3.26. The Balaban J connectivity index is 2.33. The van der Waals surface area contributed by atoms with E-state index in [-0.39, 0.29) is 5.56 Å². The van der Waals surface area contributed by atoms with Crippen molar-refractivity contribution in [2.24, 2.45) is 0 Å². The highest BCUT2D eigenvalue weighted by molar-refractivity contribution is 6.07. The van der Waals surface area contributed by atoms with Gasteiger partial charge in [0.05, 0.1) is 18.2 Å². The number of carbonyl (C=O) groups is 2. The lowest BCUT2D eigenvalue weighted by atomic mass is 10.0. The SMILES string of the molecule is COC(=O)c1ccccc1/C=C/C(=O)c1c(F)cccc1F. The molecule has 0 saturated carbocycles. The van der Waals surface area contributed by atoms with Crippen LogP contribution in [-0.4, -0.2) is 18.9 Å². The first-order chi connectivity index (χ1) is 10.5. The van der Waals surface area contributed by atoms with Gasteiger partial charge in [-0.15, -0.1) is 0 Å². The summed E-state index contributed by atoms with van der Waals surface area (Å²) in [6, 6.07) is 9.62. The number of carbonyl (C=O) groups excluding carboxylic acids is 2. The molecule has 0 aliphatic rings. The number of methoxy groups -OCH3 is 1. The minimum Gasteiger partial charge on any atom is -0.465 e. The topological polar surface area (TPSA) is 43.4 Å². The highest BCUT2D eigenvalue weighted by Gasteiger charge is 2.15. The van der Waals surface area contributed by atoms with Crippen LogP contribution in [0.1, 0.15) is 26.3 Å². The molecular formula is C17H12F2O3. The molecule has 2 aromatic carbocycles. The molecule has 0 radical (unpaired) electrons. The number of allylic oxidation sites excluding steroid dienone is 1. The van der Waals surface area contributed by atoms with E-state index >= 15 is 0 Å². The first kappa shape index (κ1) is 15.6. The normalized spacial score (nSPS) is 10.7. The summed E-state index contributed by atoms with van der Waals surface area (Å²) in [7, 11) is 1.24. The predicted molar refractivity (Wildman–Crippen MR) is 77.5 cm³/mol. The zero-order valence-corrected chi connectivity index (χ0v) is 11.7. The van der Waals surface area contributed by atoms with Crippen LogP contribution in [0.2, 0.25) is 0 Å². The molecule has 2 aromatic rings. The van der Waals surface area contributed by atoms with Gasteiger partial charge in [0.15, 0.2) is 5.78 Å². The lowest BCUT2D eigenvalue weighted by molar-refractivity contribution is 0.0600. The standard InChI is InChI=1S/C17H12F2O3/c1-22-17(21)12-6-3-2-5-11(12)9-10-15(20)16-13(18)7-4-8-14(16)19/h2-10H,1H3/b10-9+. The lowest BCUT2D eigenvalue weighted by Gasteiger charge is -2.03. The first-order valence-electron chi connectivity index (χ1n) is 6.38. The number of ether oxygens (including phenoxy) is 1. The van der Waals surface area contributed by atoms with Crippen LogP contribution in [0, 0.1) is 11.6 Å². The number of halogens is 2. The number of esters is 1. The van der Waals surface area contributed by atoms with Crippen molar-refractivity contribution in [1.29, 1.82) is 0 Å². The van der Waals surface area contributed by atoms with E-state index in [9.17, 15) is 18.4 Å². The molecule has 0 bridgehead atoms. The zero-order valence-electron chi connectivity index (χ0n) is 11.7. The fourth-order valence-electron chi connectivity index (χ4n) is 1.92. The molecule has 0 saturated heterocycles. The zero-order chi connectivity index (χ0) is 16.1. The van der Waals surface area contributed by atoms with E-state index in [1.165, 1.54) is 25.3 Å². The van der Waals surface area contributed by atoms with E-state index in [4.69, 9.17) is 0 Å². The second-order valence-corrected chi connectivity index (χ2v) is 4.37. The molecular weight excluding hydrogens is 290 g/mol. The highest BCUT2D eigenvalue weighted by Crippen LogP contribution is 2.16. The van der Waals surface area contributed by atoms with Crippen molar-refractivity contribution in [3.8, 4) is 0 Å². The van der Waals surface area contributed by atoms with E-state index in [0.717, 1.165) is 18.2 Å². The predicted octanol–water partition coefficient (Wildman–Crippen LogP) is 3.65. The minimum atomic E-state index is -0.934. The largest absolute Gasteiger partial charge is 0.465 e. The Bertz CT molecular complexity index is 731. The van der Waals surface area contributed by atoms with Crippen molar-refractivity contribution in [2.45, 2.75) is 0 Å². The van der Waals surface area contributed by atoms with Crippen molar-refractivity contribution in [3.63, 3.8) is 0 Å². The Kier molecular flexibility index (Phi) is 4.78. The van der Waals surface area contributed by atoms with Gasteiger partial charge < -0.3 is 4.74 Å². The Morgan fingerprint density at radius 3 is 2.27 bits per heavy atom. The number of hydrogen-bond donors (Lipinski definition) is 0. The Morgan fingerprint density at radius 1 is 1.00 bits per heavy atom. The second-order valence-electron chi connectivity index (χ2n) is 4.37. The number of ketones is 1. The third kappa shape index (κ3) is 3.25. The maximum absolute atomic E-state index is 13.5. The van der Waals surface area contributed by atoms with Crippen molar-refractivity contribution >= 4 is 17.8 Å². The van der Waals surface area contributed by atoms with Gasteiger partial charge in [-0.25, -0.2) is 13.6 Å². The van der Waals surface area contributed by atoms with Crippen LogP contribution in [0.25, 0.3) is 6.08 Å². The smallest absolute Gasteiger partial charge is 0.338 e. The Hall–Kier alpha value is -2.82. The van der Waals surface area contributed by atoms with Gasteiger partial charge >= 0.3 is 5.97 Å². The second kappa shape index (κ2) is 6.76. The summed E-state index contributed by atoms with van der Waals surface area (Å²) in [6.07, 6.45) is 2.34. The molecule has 0 aliphatic carbocycles. The molecule has 5 heteroatoms. The fourth-order valence-corrected chi connectivity index (χ4v) is 1.92. The lowest BCUT2D eigenvalue weighted by Crippen LogP contribution is -2.04. The average molecular weight is 302 g/mol. The van der Waals surface area contributed by atoms with Gasteiger partial charge in [0, 0.05) is 0 Å². The molecule has 3 nitrogen and oxygen atoms in total. The van der Waals surface area contributed by atoms with Crippen LogP contribution in [-0.2, 0) is 4.74 Å². The Labute approximate surface area is 125 Å². The molecule has 22 heavy (non-hydrogen) atoms. The highest BCUT2D eigenvalue weighted by atomic mass is 19.1. The van der Waals surface area contributed by atoms with Gasteiger partial charge in [-0.3, -0.25) is 4.79 Å². The molecule has 0 spiro atoms. The van der Waals surface area contributed by atoms with E-state index in [2.05, 4.69) is 4.74 Å². The molecule has 2 rings (SSSR count). The van der Waals surface area contributed by atoms with Crippen LogP contribution in [0.3, 0.4) is 0 Å². The summed E-state index contributed by atoms with van der Waals surface area (Å²) < 4.78 is 31.7. The maximum atomic E-state index is 13.5. The van der Waals surface area contributed by atoms with E-state index in [1.54, 1.807) is 18.2 Å². The first-order valence-corrected chi connectivity index (χ1v) is 6.38. The summed E-state index contributed by atoms with van der Waals surface area (Å²) in [5.41, 5.74) is 0.0387. The van der Waals surface area contributed by atoms with E-state index < -0.39 is 29.0 Å². The van der Waals surface area contributed by atoms with Crippen molar-refractivity contribution in [3.05, 3.63) is 76.9 Å². The van der Waals surface area contributed by atoms with Gasteiger partial charge in [0.2, 0.25) is 0 Å². The van der Waals surface area contributed by atoms with E-state index in [1.807, 2.05) is 0 Å². The number of benzene rings is 2.